The summed E-state index contributed by atoms with van der Waals surface area (Å²) in [5.74, 6) is 0. The lowest BCUT2D eigenvalue weighted by Gasteiger charge is -2.28. The summed E-state index contributed by atoms with van der Waals surface area (Å²) in [6, 6.07) is 0. The number of hydrogen-bond donors (Lipinski definition) is 5. The molecule has 0 saturated heterocycles. The first-order valence-corrected chi connectivity index (χ1v) is 6.96. The zero-order valence-electron chi connectivity index (χ0n) is 8.37. The molecule has 0 aliphatic carbocycles. The molecule has 0 saturated carbocycles. The van der Waals surface area contributed by atoms with E-state index in [2.05, 4.69) is 9.51 Å². The Bertz CT molecular complexity index is 332. The van der Waals surface area contributed by atoms with Gasteiger partial charge in [0.2, 0.25) is 0 Å². The minimum Gasteiger partial charge on any atom is -0.345 e. The third-order valence-electron chi connectivity index (χ3n) is 2.00. The Kier molecular flexibility index (Phi) is 4.34. The zero-order chi connectivity index (χ0) is 12.4. The first-order chi connectivity index (χ1) is 7.33. The van der Waals surface area contributed by atoms with E-state index in [0.717, 1.165) is 7.11 Å². The van der Waals surface area contributed by atoms with Crippen molar-refractivity contribution in [2.75, 3.05) is 7.11 Å². The zero-order valence-corrected chi connectivity index (χ0v) is 10.2. The molecular weight excluding hydrogens is 258 g/mol. The van der Waals surface area contributed by atoms with Crippen LogP contribution in [-0.4, -0.2) is 46.4 Å². The van der Waals surface area contributed by atoms with Gasteiger partial charge in [0.05, 0.1) is 13.4 Å². The summed E-state index contributed by atoms with van der Waals surface area (Å²) in [6.07, 6.45) is 4.12. The van der Waals surface area contributed by atoms with Crippen molar-refractivity contribution in [1.82, 2.24) is 9.55 Å². The molecule has 1 aromatic heterocycles. The maximum Gasteiger partial charge on any atom is 0.451 e. The molecule has 0 spiro atoms. The molecule has 0 aromatic carbocycles. The molecule has 1 aromatic rings. The van der Waals surface area contributed by atoms with E-state index in [9.17, 15) is 14.9 Å². The van der Waals surface area contributed by atoms with Crippen molar-refractivity contribution in [3.8, 4) is 0 Å². The summed E-state index contributed by atoms with van der Waals surface area (Å²) >= 11 is 0. The van der Waals surface area contributed by atoms with Gasteiger partial charge < -0.3 is 19.5 Å². The van der Waals surface area contributed by atoms with Crippen molar-refractivity contribution in [3.05, 3.63) is 18.7 Å². The molecule has 92 valence electrons. The first-order valence-electron chi connectivity index (χ1n) is 4.10. The minimum atomic E-state index is -4.31. The van der Waals surface area contributed by atoms with Crippen LogP contribution in [0.4, 0.5) is 0 Å². The lowest BCUT2D eigenvalue weighted by Crippen LogP contribution is -2.35. The van der Waals surface area contributed by atoms with Crippen LogP contribution in [0.3, 0.4) is 0 Å². The van der Waals surface area contributed by atoms with Crippen LogP contribution in [0, 0.1) is 0 Å². The molecule has 0 aliphatic rings. The lowest BCUT2D eigenvalue weighted by atomic mass is 10.6. The molecule has 0 aliphatic heterocycles. The van der Waals surface area contributed by atoms with Crippen LogP contribution < -0.4 is 0 Å². The van der Waals surface area contributed by atoms with Crippen molar-refractivity contribution in [2.45, 2.75) is 11.6 Å². The van der Waals surface area contributed by atoms with Crippen LogP contribution >= 0.6 is 16.3 Å². The summed E-state index contributed by atoms with van der Waals surface area (Å²) < 4.78 is 5.63. The number of hydrogen-bond acceptors (Lipinski definition) is 7. The van der Waals surface area contributed by atoms with Crippen LogP contribution in [0.25, 0.3) is 0 Å². The molecule has 0 fully saturated rings. The molecule has 8 nitrogen and oxygen atoms in total. The van der Waals surface area contributed by atoms with Gasteiger partial charge in [-0.05, 0) is 0 Å². The maximum atomic E-state index is 9.89. The number of aliphatic hydroxyl groups is 1. The average molecular weight is 271 g/mol. The van der Waals surface area contributed by atoms with Gasteiger partial charge in [-0.2, -0.15) is 14.3 Å². The second-order valence-electron chi connectivity index (χ2n) is 3.03. The average Bonchev–Trinajstić information content (AvgIpc) is 2.69. The van der Waals surface area contributed by atoms with Crippen molar-refractivity contribution in [1.29, 1.82) is 0 Å². The topological polar surface area (TPSA) is 128 Å². The Labute approximate surface area is 93.3 Å². The van der Waals surface area contributed by atoms with Gasteiger partial charge in [0.1, 0.15) is 6.54 Å². The first kappa shape index (κ1) is 13.9. The summed E-state index contributed by atoms with van der Waals surface area (Å²) in [5, 5.41) is 7.36. The van der Waals surface area contributed by atoms with Crippen LogP contribution in [0.15, 0.2) is 18.7 Å². The quantitative estimate of drug-likeness (QED) is 0.444. The Morgan fingerprint density at radius 1 is 1.50 bits per heavy atom. The van der Waals surface area contributed by atoms with E-state index < -0.39 is 27.9 Å². The Hall–Kier alpha value is -0.170. The Balaban J connectivity index is 2.98. The van der Waals surface area contributed by atoms with Gasteiger partial charge in [0.15, 0.2) is 0 Å². The predicted molar refractivity (Wildman–Crippen MR) is 56.9 cm³/mol. The molecule has 5 N–H and O–H groups in total. The van der Waals surface area contributed by atoms with Gasteiger partial charge in [-0.3, -0.25) is 0 Å². The fourth-order valence-electron chi connectivity index (χ4n) is 1.04. The normalized spacial score (nSPS) is 16.4. The minimum absolute atomic E-state index is 0.444. The van der Waals surface area contributed by atoms with Gasteiger partial charge in [-0.25, -0.2) is 4.98 Å². The van der Waals surface area contributed by atoms with Gasteiger partial charge in [-0.15, -0.1) is 0 Å². The van der Waals surface area contributed by atoms with E-state index in [-0.39, 0.29) is 0 Å². The highest BCUT2D eigenvalue weighted by atomic mass is 31.3. The summed E-state index contributed by atoms with van der Waals surface area (Å²) in [4.78, 5) is 40.8. The monoisotopic (exact) mass is 271 g/mol. The van der Waals surface area contributed by atoms with E-state index >= 15 is 0 Å². The van der Waals surface area contributed by atoms with Crippen molar-refractivity contribution in [3.63, 3.8) is 0 Å². The fourth-order valence-corrected chi connectivity index (χ4v) is 3.15. The molecule has 1 atom stereocenters. The number of rotatable bonds is 5. The van der Waals surface area contributed by atoms with Gasteiger partial charge >= 0.3 is 13.0 Å². The van der Waals surface area contributed by atoms with E-state index in [1.54, 1.807) is 0 Å². The second kappa shape index (κ2) is 5.00. The summed E-state index contributed by atoms with van der Waals surface area (Å²) in [6.45, 7) is -0.444. The van der Waals surface area contributed by atoms with Gasteiger partial charge in [-0.1, -0.05) is 0 Å². The number of nitrogens with zero attached hydrogens (tertiary/aromatic N) is 2. The standard InChI is InChI=1S/C6H13N2O6P2/c1-14-16(12,13)6(9,15(10)11)4-8-3-2-7-5-8/h2-3,5,9-13H,4H2,1H3/q+1. The van der Waals surface area contributed by atoms with Crippen molar-refractivity contribution in [2.24, 2.45) is 0 Å². The van der Waals surface area contributed by atoms with Crippen molar-refractivity contribution < 1.29 is 29.2 Å². The van der Waals surface area contributed by atoms with Crippen LogP contribution in [0.1, 0.15) is 0 Å². The van der Waals surface area contributed by atoms with Crippen molar-refractivity contribution >= 4 is 16.3 Å². The largest absolute Gasteiger partial charge is 0.451 e. The van der Waals surface area contributed by atoms with Crippen LogP contribution in [-0.2, 0) is 11.1 Å². The Morgan fingerprint density at radius 2 is 2.12 bits per heavy atom. The molecule has 0 bridgehead atoms. The molecule has 1 unspecified atom stereocenters. The highest BCUT2D eigenvalue weighted by Gasteiger charge is 2.65. The fraction of sp³-hybridized carbons (Fsp3) is 0.500. The smallest absolute Gasteiger partial charge is 0.345 e. The molecule has 1 rings (SSSR count). The molecule has 0 amide bonds. The van der Waals surface area contributed by atoms with Gasteiger partial charge in [0.25, 0.3) is 8.38 Å². The maximum absolute atomic E-state index is 9.89. The second-order valence-corrected chi connectivity index (χ2v) is 6.89. The van der Waals surface area contributed by atoms with E-state index in [1.165, 1.54) is 23.3 Å². The van der Waals surface area contributed by atoms with Crippen LogP contribution in [0.5, 0.6) is 0 Å². The molecule has 1 heterocycles. The third-order valence-corrected chi connectivity index (χ3v) is 5.68. The Morgan fingerprint density at radius 3 is 2.50 bits per heavy atom. The molecular formula is C6H13N2O6P2+. The van der Waals surface area contributed by atoms with E-state index in [1.807, 2.05) is 0 Å². The molecule has 16 heavy (non-hydrogen) atoms. The SMILES string of the molecule is CO[P+](O)(O)C(O)(Cn1ccnc1)P(O)O. The van der Waals surface area contributed by atoms with Crippen LogP contribution in [0.2, 0.25) is 0 Å². The van der Waals surface area contributed by atoms with E-state index in [4.69, 9.17) is 9.79 Å². The highest BCUT2D eigenvalue weighted by molar-refractivity contribution is 7.73. The predicted octanol–water partition coefficient (Wildman–Crippen LogP) is -0.781. The van der Waals surface area contributed by atoms with Gasteiger partial charge in [0, 0.05) is 12.4 Å². The molecule has 0 radical (unpaired) electrons. The van der Waals surface area contributed by atoms with E-state index in [0.29, 0.717) is 0 Å². The summed E-state index contributed by atoms with van der Waals surface area (Å²) in [7, 11) is -6.36. The third kappa shape index (κ3) is 2.56. The number of aromatic nitrogens is 2. The number of imidazole rings is 1. The molecule has 10 heteroatoms. The highest BCUT2D eigenvalue weighted by Crippen LogP contribution is 2.71. The summed E-state index contributed by atoms with van der Waals surface area (Å²) in [5.41, 5.74) is 0. The lowest BCUT2D eigenvalue weighted by molar-refractivity contribution is 0.106.